The van der Waals surface area contributed by atoms with Gasteiger partial charge < -0.3 is 33.2 Å². The number of fused-ring (bicyclic) bond motifs is 1. The average Bonchev–Trinajstić information content (AvgIpc) is 3.74. The van der Waals surface area contributed by atoms with Crippen LogP contribution in [0.25, 0.3) is 12.2 Å². The first-order valence-electron chi connectivity index (χ1n) is 15.9. The highest BCUT2D eigenvalue weighted by atomic mass is 16.7. The highest BCUT2D eigenvalue weighted by molar-refractivity contribution is 5.92. The van der Waals surface area contributed by atoms with Gasteiger partial charge in [-0.2, -0.15) is 0 Å². The quantitative estimate of drug-likeness (QED) is 0.0962. The van der Waals surface area contributed by atoms with Gasteiger partial charge in [0.2, 0.25) is 0 Å². The van der Waals surface area contributed by atoms with E-state index in [1.165, 1.54) is 42.5 Å². The van der Waals surface area contributed by atoms with E-state index in [1.807, 2.05) is 6.08 Å². The third-order valence-electron chi connectivity index (χ3n) is 7.91. The number of carbonyl (C=O) groups is 3. The Morgan fingerprint density at radius 1 is 0.640 bits per heavy atom. The molecule has 0 aromatic heterocycles. The van der Waals surface area contributed by atoms with Crippen LogP contribution in [-0.4, -0.2) is 69.4 Å². The highest BCUT2D eigenvalue weighted by Gasteiger charge is 2.51. The Labute approximate surface area is 290 Å². The Kier molecular flexibility index (Phi) is 12.3. The highest BCUT2D eigenvalue weighted by Crippen LogP contribution is 2.32. The summed E-state index contributed by atoms with van der Waals surface area (Å²) in [5.41, 5.74) is 4.36. The second kappa shape index (κ2) is 17.2. The van der Waals surface area contributed by atoms with Crippen LogP contribution in [0, 0.1) is 6.92 Å². The molecule has 6 rings (SSSR count). The molecule has 0 bridgehead atoms. The molecule has 2 aliphatic heterocycles. The molecule has 50 heavy (non-hydrogen) atoms. The van der Waals surface area contributed by atoms with Gasteiger partial charge in [-0.3, -0.25) is 0 Å². The van der Waals surface area contributed by atoms with Crippen molar-refractivity contribution in [3.05, 3.63) is 144 Å². The van der Waals surface area contributed by atoms with Crippen LogP contribution in [0.5, 0.6) is 11.5 Å². The van der Waals surface area contributed by atoms with E-state index in [4.69, 9.17) is 33.2 Å². The molecule has 4 aromatic carbocycles. The van der Waals surface area contributed by atoms with E-state index in [0.717, 1.165) is 5.56 Å². The Morgan fingerprint density at radius 3 is 1.52 bits per heavy atom. The third kappa shape index (κ3) is 9.32. The molecular formula is C40H38O10. The van der Waals surface area contributed by atoms with Gasteiger partial charge in [-0.25, -0.2) is 14.4 Å². The van der Waals surface area contributed by atoms with E-state index < -0.39 is 42.3 Å². The van der Waals surface area contributed by atoms with Gasteiger partial charge >= 0.3 is 17.9 Å². The Balaban J connectivity index is 0.000000470. The summed E-state index contributed by atoms with van der Waals surface area (Å²) in [5.74, 6) is -0.800. The van der Waals surface area contributed by atoms with Gasteiger partial charge in [-0.15, -0.1) is 0 Å². The first kappa shape index (κ1) is 35.7. The molecule has 0 N–H and O–H groups in total. The molecule has 0 radical (unpaired) electrons. The molecule has 2 fully saturated rings. The predicted octanol–water partition coefficient (Wildman–Crippen LogP) is 6.72. The standard InChI is InChI=1S/C31H28O10.C9H10/c1-3-19-4-6-20(7-5-19)29(32)39-24-14-10-22(11-15-24)31(34)41-26-17-37-27-25(16-36-28(26)27)40-30(33)21-8-12-23(13-9-21)38-18-35-2;1-3-9-6-4-8(2)5-7-9/h3-15,25-28H,1,16-18H2,2H3;3-7H,1H2,2H3/t25-,26+,27-,28-;/m1./s1. The molecule has 0 aliphatic carbocycles. The fourth-order valence-corrected chi connectivity index (χ4v) is 5.14. The minimum absolute atomic E-state index is 0.0982. The SMILES string of the molecule is C=Cc1ccc(C(=O)Oc2ccc(C(=O)O[C@H]3CO[C@H]4[C@@H]3OC[C@H]4OC(=O)c3ccc(OCOC)cc3)cc2)cc1.C=Cc1ccc(C)cc1. The summed E-state index contributed by atoms with van der Waals surface area (Å²) in [5, 5.41) is 0. The molecule has 2 saturated heterocycles. The van der Waals surface area contributed by atoms with Gasteiger partial charge in [-0.05, 0) is 78.7 Å². The topological polar surface area (TPSA) is 116 Å². The van der Waals surface area contributed by atoms with Gasteiger partial charge in [0.15, 0.2) is 19.0 Å². The summed E-state index contributed by atoms with van der Waals surface area (Å²) >= 11 is 0. The molecular weight excluding hydrogens is 640 g/mol. The molecule has 10 heteroatoms. The summed E-state index contributed by atoms with van der Waals surface area (Å²) < 4.78 is 38.4. The Hall–Kier alpha value is -5.55. The van der Waals surface area contributed by atoms with Gasteiger partial charge in [-0.1, -0.05) is 67.3 Å². The number of carbonyl (C=O) groups excluding carboxylic acids is 3. The molecule has 2 heterocycles. The molecule has 4 aromatic rings. The van der Waals surface area contributed by atoms with E-state index >= 15 is 0 Å². The van der Waals surface area contributed by atoms with Crippen molar-refractivity contribution in [1.29, 1.82) is 0 Å². The lowest BCUT2D eigenvalue weighted by atomic mass is 10.1. The first-order valence-corrected chi connectivity index (χ1v) is 15.9. The minimum Gasteiger partial charge on any atom is -0.468 e. The fourth-order valence-electron chi connectivity index (χ4n) is 5.14. The molecule has 0 spiro atoms. The van der Waals surface area contributed by atoms with E-state index in [9.17, 15) is 14.4 Å². The zero-order chi connectivity index (χ0) is 35.5. The van der Waals surface area contributed by atoms with Crippen LogP contribution in [-0.2, 0) is 23.7 Å². The molecule has 0 saturated carbocycles. The van der Waals surface area contributed by atoms with Crippen LogP contribution in [0.4, 0.5) is 0 Å². The van der Waals surface area contributed by atoms with Crippen LogP contribution in [0.3, 0.4) is 0 Å². The van der Waals surface area contributed by atoms with Crippen molar-refractivity contribution >= 4 is 30.1 Å². The summed E-state index contributed by atoms with van der Waals surface area (Å²) in [6.45, 7) is 9.73. The lowest BCUT2D eigenvalue weighted by Crippen LogP contribution is -2.36. The fraction of sp³-hybridized carbons (Fsp3) is 0.225. The molecule has 10 nitrogen and oxygen atoms in total. The number of hydrogen-bond donors (Lipinski definition) is 0. The molecule has 0 unspecified atom stereocenters. The van der Waals surface area contributed by atoms with Gasteiger partial charge in [0.1, 0.15) is 23.7 Å². The van der Waals surface area contributed by atoms with Crippen molar-refractivity contribution in [3.63, 3.8) is 0 Å². The molecule has 258 valence electrons. The first-order chi connectivity index (χ1) is 24.3. The van der Waals surface area contributed by atoms with Crippen molar-refractivity contribution in [2.24, 2.45) is 0 Å². The number of hydrogen-bond acceptors (Lipinski definition) is 10. The maximum Gasteiger partial charge on any atom is 0.343 e. The summed E-state index contributed by atoms with van der Waals surface area (Å²) in [7, 11) is 1.52. The van der Waals surface area contributed by atoms with Crippen molar-refractivity contribution in [1.82, 2.24) is 0 Å². The smallest absolute Gasteiger partial charge is 0.343 e. The number of ether oxygens (including phenoxy) is 7. The summed E-state index contributed by atoms with van der Waals surface area (Å²) in [6, 6.07) is 27.6. The molecule has 4 atom stereocenters. The Bertz CT molecular complexity index is 1760. The zero-order valence-electron chi connectivity index (χ0n) is 27.8. The van der Waals surface area contributed by atoms with Crippen LogP contribution in [0.15, 0.2) is 110 Å². The second-order valence-electron chi connectivity index (χ2n) is 11.4. The largest absolute Gasteiger partial charge is 0.468 e. The number of methoxy groups -OCH3 is 1. The number of benzene rings is 4. The average molecular weight is 679 g/mol. The van der Waals surface area contributed by atoms with Crippen LogP contribution in [0.2, 0.25) is 0 Å². The van der Waals surface area contributed by atoms with E-state index in [-0.39, 0.29) is 31.3 Å². The number of rotatable bonds is 11. The molecule has 2 aliphatic rings. The number of aryl methyl sites for hydroxylation is 1. The molecule has 0 amide bonds. The van der Waals surface area contributed by atoms with Crippen molar-refractivity contribution in [3.8, 4) is 11.5 Å². The normalized spacial score (nSPS) is 18.8. The second-order valence-corrected chi connectivity index (χ2v) is 11.4. The maximum atomic E-state index is 12.8. The summed E-state index contributed by atoms with van der Waals surface area (Å²) in [4.78, 5) is 37.8. The van der Waals surface area contributed by atoms with Crippen molar-refractivity contribution < 1.29 is 47.5 Å². The number of esters is 3. The lowest BCUT2D eigenvalue weighted by Gasteiger charge is -2.17. The van der Waals surface area contributed by atoms with E-state index in [1.54, 1.807) is 54.6 Å². The van der Waals surface area contributed by atoms with Gasteiger partial charge in [0.25, 0.3) is 0 Å². The van der Waals surface area contributed by atoms with Crippen molar-refractivity contribution in [2.75, 3.05) is 27.1 Å². The Morgan fingerprint density at radius 2 is 1.06 bits per heavy atom. The third-order valence-corrected chi connectivity index (χ3v) is 7.91. The summed E-state index contributed by atoms with van der Waals surface area (Å²) in [6.07, 6.45) is 1.06. The van der Waals surface area contributed by atoms with E-state index in [2.05, 4.69) is 44.3 Å². The van der Waals surface area contributed by atoms with Crippen molar-refractivity contribution in [2.45, 2.75) is 31.3 Å². The predicted molar refractivity (Wildman–Crippen MR) is 186 cm³/mol. The van der Waals surface area contributed by atoms with Crippen LogP contribution in [0.1, 0.15) is 47.8 Å². The van der Waals surface area contributed by atoms with E-state index in [0.29, 0.717) is 16.9 Å². The zero-order valence-corrected chi connectivity index (χ0v) is 27.8. The monoisotopic (exact) mass is 678 g/mol. The van der Waals surface area contributed by atoms with Crippen LogP contribution < -0.4 is 9.47 Å². The van der Waals surface area contributed by atoms with Gasteiger partial charge in [0.05, 0.1) is 29.9 Å². The lowest BCUT2D eigenvalue weighted by molar-refractivity contribution is -0.0287. The minimum atomic E-state index is -0.676. The van der Waals surface area contributed by atoms with Gasteiger partial charge in [0, 0.05) is 7.11 Å². The van der Waals surface area contributed by atoms with Crippen LogP contribution >= 0.6 is 0 Å². The maximum absolute atomic E-state index is 12.8.